The number of nitrogens with zero attached hydrogens (tertiary/aromatic N) is 6. The molecule has 1 spiro atoms. The van der Waals surface area contributed by atoms with Crippen molar-refractivity contribution in [3.8, 4) is 41.2 Å². The lowest BCUT2D eigenvalue weighted by Gasteiger charge is -2.50. The molecule has 1 N–H and O–H groups in total. The number of fused-ring (bicyclic) bond motifs is 2. The highest BCUT2D eigenvalue weighted by molar-refractivity contribution is 6.04. The van der Waals surface area contributed by atoms with Crippen LogP contribution in [0.15, 0.2) is 24.3 Å². The summed E-state index contributed by atoms with van der Waals surface area (Å²) in [4.78, 5) is 21.6. The van der Waals surface area contributed by atoms with Crippen LogP contribution in [-0.4, -0.2) is 82.1 Å². The van der Waals surface area contributed by atoms with E-state index in [1.165, 1.54) is 24.3 Å². The average molecular weight is 641 g/mol. The summed E-state index contributed by atoms with van der Waals surface area (Å²) in [7, 11) is 1.86. The Bertz CT molecular complexity index is 2060. The molecule has 2 saturated heterocycles. The number of pyridine rings is 1. The SMILES string of the molecule is [C-]#[N+]CC1CC2(COc3nc(-c4cc(O)cc5ccc(F)c(C#C)c45)c(F)c4nc(OC[C@@]56CCCN5C[C@H](F)C6)nc(c34)N2C)C1. The molecule has 0 radical (unpaired) electrons. The molecule has 2 atom stereocenters. The highest BCUT2D eigenvalue weighted by Gasteiger charge is 2.52. The predicted octanol–water partition coefficient (Wildman–Crippen LogP) is 5.66. The van der Waals surface area contributed by atoms with Gasteiger partial charge in [0.15, 0.2) is 5.82 Å². The molecule has 4 aromatic rings. The Hall–Kier alpha value is -4.81. The summed E-state index contributed by atoms with van der Waals surface area (Å²) in [6.07, 6.45) is 8.13. The molecule has 1 saturated carbocycles. The predicted molar refractivity (Wildman–Crippen MR) is 169 cm³/mol. The van der Waals surface area contributed by atoms with Crippen molar-refractivity contribution in [3.63, 3.8) is 0 Å². The van der Waals surface area contributed by atoms with Gasteiger partial charge in [0.25, 0.3) is 0 Å². The minimum Gasteiger partial charge on any atom is -0.508 e. The summed E-state index contributed by atoms with van der Waals surface area (Å²) in [5.74, 6) is 1.25. The van der Waals surface area contributed by atoms with E-state index < -0.39 is 28.9 Å². The molecule has 240 valence electrons. The molecule has 5 heterocycles. The second-order valence-corrected chi connectivity index (χ2v) is 13.3. The number of phenols is 1. The molecule has 9 nitrogen and oxygen atoms in total. The molecular formula is C35H31F3N6O3. The van der Waals surface area contributed by atoms with Gasteiger partial charge in [0.05, 0.1) is 16.6 Å². The first-order chi connectivity index (χ1) is 22.6. The third-order valence-electron chi connectivity index (χ3n) is 10.6. The number of hydrogen-bond donors (Lipinski definition) is 1. The van der Waals surface area contributed by atoms with Crippen molar-refractivity contribution in [1.29, 1.82) is 0 Å². The number of rotatable bonds is 5. The lowest BCUT2D eigenvalue weighted by molar-refractivity contribution is 0.0882. The van der Waals surface area contributed by atoms with E-state index in [0.29, 0.717) is 43.6 Å². The van der Waals surface area contributed by atoms with Crippen LogP contribution in [0.1, 0.15) is 37.7 Å². The fourth-order valence-electron chi connectivity index (χ4n) is 8.28. The normalized spacial score (nSPS) is 26.5. The standard InChI is InChI=1S/C35H31F3N6O3/c1-4-23-25(37)7-6-20-10-22(45)11-24(26(20)23)29-28(38)30-27-31(43(3)35(18-46-32(27)40-29)12-19(13-35)15-39-2)42-33(41-30)47-17-34-8-5-9-44(34)16-21(36)14-34/h1,6-7,10-11,19,21,45H,5,8-9,12-18H2,3H3/t19?,21-,34+,35?/m1/s1. The zero-order valence-corrected chi connectivity index (χ0v) is 25.7. The minimum absolute atomic E-state index is 0.0714. The quantitative estimate of drug-likeness (QED) is 0.221. The van der Waals surface area contributed by atoms with E-state index in [0.717, 1.165) is 19.4 Å². The lowest BCUT2D eigenvalue weighted by atomic mass is 9.67. The maximum atomic E-state index is 17.0. The zero-order chi connectivity index (χ0) is 32.7. The molecule has 1 aliphatic carbocycles. The Labute approximate surface area is 269 Å². The summed E-state index contributed by atoms with van der Waals surface area (Å²) in [6, 6.07) is 5.28. The molecule has 3 fully saturated rings. The van der Waals surface area contributed by atoms with Crippen molar-refractivity contribution in [1.82, 2.24) is 19.9 Å². The van der Waals surface area contributed by atoms with E-state index in [9.17, 15) is 13.9 Å². The highest BCUT2D eigenvalue weighted by Crippen LogP contribution is 2.50. The highest BCUT2D eigenvalue weighted by atomic mass is 19.1. The van der Waals surface area contributed by atoms with Gasteiger partial charge in [0.1, 0.15) is 53.4 Å². The first-order valence-electron chi connectivity index (χ1n) is 15.7. The van der Waals surface area contributed by atoms with Gasteiger partial charge in [-0.05, 0) is 55.8 Å². The fourth-order valence-corrected chi connectivity index (χ4v) is 8.28. The topological polar surface area (TPSA) is 88.2 Å². The number of benzene rings is 2. The average Bonchev–Trinajstić information content (AvgIpc) is 3.53. The number of anilines is 1. The molecule has 47 heavy (non-hydrogen) atoms. The van der Waals surface area contributed by atoms with Gasteiger partial charge < -0.3 is 24.3 Å². The molecular weight excluding hydrogens is 609 g/mol. The van der Waals surface area contributed by atoms with Gasteiger partial charge in [-0.2, -0.15) is 9.97 Å². The largest absolute Gasteiger partial charge is 0.508 e. The van der Waals surface area contributed by atoms with Crippen LogP contribution in [0.5, 0.6) is 17.6 Å². The van der Waals surface area contributed by atoms with Crippen LogP contribution in [-0.2, 0) is 0 Å². The number of phenolic OH excluding ortho intramolecular Hbond substituents is 1. The molecule has 0 bridgehead atoms. The zero-order valence-electron chi connectivity index (χ0n) is 25.7. The second-order valence-electron chi connectivity index (χ2n) is 13.3. The first kappa shape index (κ1) is 29.6. The Kier molecular flexibility index (Phi) is 6.68. The summed E-state index contributed by atoms with van der Waals surface area (Å²) >= 11 is 0. The van der Waals surface area contributed by atoms with Crippen LogP contribution in [0.25, 0.3) is 37.8 Å². The third kappa shape index (κ3) is 4.45. The van der Waals surface area contributed by atoms with Gasteiger partial charge >= 0.3 is 6.01 Å². The molecule has 8 rings (SSSR count). The molecule has 3 aliphatic heterocycles. The Morgan fingerprint density at radius 3 is 2.81 bits per heavy atom. The summed E-state index contributed by atoms with van der Waals surface area (Å²) < 4.78 is 59.0. The van der Waals surface area contributed by atoms with Gasteiger partial charge in [-0.1, -0.05) is 12.0 Å². The Balaban J connectivity index is 1.31. The molecule has 2 aromatic carbocycles. The summed E-state index contributed by atoms with van der Waals surface area (Å²) in [5, 5.41) is 11.5. The molecule has 4 aliphatic rings. The monoisotopic (exact) mass is 640 g/mol. The van der Waals surface area contributed by atoms with E-state index in [-0.39, 0.29) is 69.9 Å². The number of likely N-dealkylation sites (N-methyl/N-ethyl adjacent to an activating group) is 1. The van der Waals surface area contributed by atoms with Crippen molar-refractivity contribution in [2.24, 2.45) is 5.92 Å². The van der Waals surface area contributed by atoms with Crippen molar-refractivity contribution in [3.05, 3.63) is 52.9 Å². The van der Waals surface area contributed by atoms with Crippen LogP contribution >= 0.6 is 0 Å². The van der Waals surface area contributed by atoms with Crippen LogP contribution in [0.2, 0.25) is 0 Å². The van der Waals surface area contributed by atoms with E-state index in [1.807, 2.05) is 11.9 Å². The van der Waals surface area contributed by atoms with Crippen molar-refractivity contribution in [2.45, 2.75) is 49.4 Å². The molecule has 0 unspecified atom stereocenters. The van der Waals surface area contributed by atoms with E-state index >= 15 is 4.39 Å². The Morgan fingerprint density at radius 2 is 2.02 bits per heavy atom. The van der Waals surface area contributed by atoms with Crippen molar-refractivity contribution >= 4 is 27.5 Å². The maximum absolute atomic E-state index is 17.0. The fraction of sp³-hybridized carbons (Fsp3) is 0.429. The Morgan fingerprint density at radius 1 is 1.19 bits per heavy atom. The smallest absolute Gasteiger partial charge is 0.319 e. The number of terminal acetylenes is 1. The van der Waals surface area contributed by atoms with Gasteiger partial charge in [0.2, 0.25) is 12.4 Å². The van der Waals surface area contributed by atoms with E-state index in [2.05, 4.69) is 25.6 Å². The van der Waals surface area contributed by atoms with Crippen LogP contribution < -0.4 is 14.4 Å². The molecule has 0 amide bonds. The van der Waals surface area contributed by atoms with Crippen LogP contribution in [0.3, 0.4) is 0 Å². The second kappa shape index (κ2) is 10.6. The molecule has 2 aromatic heterocycles. The van der Waals surface area contributed by atoms with Crippen LogP contribution in [0, 0.1) is 36.5 Å². The maximum Gasteiger partial charge on any atom is 0.319 e. The summed E-state index contributed by atoms with van der Waals surface area (Å²) in [5.41, 5.74) is -1.40. The van der Waals surface area contributed by atoms with Gasteiger partial charge in [-0.3, -0.25) is 4.90 Å². The number of halogens is 3. The number of aromatic hydroxyl groups is 1. The number of ether oxygens (including phenoxy) is 2. The minimum atomic E-state index is -0.949. The summed E-state index contributed by atoms with van der Waals surface area (Å²) in [6.45, 7) is 9.19. The number of hydrogen-bond acceptors (Lipinski definition) is 8. The third-order valence-corrected chi connectivity index (χ3v) is 10.6. The van der Waals surface area contributed by atoms with E-state index in [1.54, 1.807) is 0 Å². The molecule has 12 heteroatoms. The lowest BCUT2D eigenvalue weighted by Crippen LogP contribution is -2.60. The number of aromatic nitrogens is 3. The van der Waals surface area contributed by atoms with Crippen molar-refractivity contribution < 1.29 is 27.8 Å². The van der Waals surface area contributed by atoms with Crippen LogP contribution in [0.4, 0.5) is 19.0 Å². The first-order valence-corrected chi connectivity index (χ1v) is 15.7. The van der Waals surface area contributed by atoms with E-state index in [4.69, 9.17) is 27.5 Å². The van der Waals surface area contributed by atoms with Gasteiger partial charge in [0, 0.05) is 36.9 Å². The van der Waals surface area contributed by atoms with Gasteiger partial charge in [-0.15, -0.1) is 6.42 Å². The number of alkyl halides is 1. The van der Waals surface area contributed by atoms with Gasteiger partial charge in [-0.25, -0.2) is 24.7 Å². The van der Waals surface area contributed by atoms with Crippen molar-refractivity contribution in [2.75, 3.05) is 44.8 Å².